The van der Waals surface area contributed by atoms with Gasteiger partial charge in [-0.25, -0.2) is 0 Å². The molecule has 21 heavy (non-hydrogen) atoms. The summed E-state index contributed by atoms with van der Waals surface area (Å²) in [6, 6.07) is 11.6. The molecule has 0 bridgehead atoms. The van der Waals surface area contributed by atoms with Crippen molar-refractivity contribution in [1.82, 2.24) is 0 Å². The fraction of sp³-hybridized carbons (Fsp3) is 0.133. The van der Waals surface area contributed by atoms with Crippen LogP contribution in [0.4, 0.5) is 11.4 Å². The lowest BCUT2D eigenvalue weighted by atomic mass is 10.1. The van der Waals surface area contributed by atoms with E-state index >= 15 is 0 Å². The first-order valence-corrected chi connectivity index (χ1v) is 6.74. The molecule has 0 aliphatic carbocycles. The molecule has 0 radical (unpaired) electrons. The van der Waals surface area contributed by atoms with Crippen LogP contribution in [0.3, 0.4) is 0 Å². The summed E-state index contributed by atoms with van der Waals surface area (Å²) < 4.78 is 0. The van der Waals surface area contributed by atoms with Crippen LogP contribution in [0, 0.1) is 10.1 Å². The number of nitrogens with zero attached hydrogens (tertiary/aromatic N) is 1. The van der Waals surface area contributed by atoms with Crippen molar-refractivity contribution in [3.05, 3.63) is 68.7 Å². The first kappa shape index (κ1) is 15.0. The molecule has 0 aliphatic rings. The summed E-state index contributed by atoms with van der Waals surface area (Å²) in [4.78, 5) is 22.5. The SMILES string of the molecule is CCc1ccc(NC(=O)c2cccc(Cl)c2[N+](=O)[O-])cc1. The van der Waals surface area contributed by atoms with Crippen molar-refractivity contribution < 1.29 is 9.72 Å². The number of anilines is 1. The molecule has 1 amide bonds. The van der Waals surface area contributed by atoms with Crippen molar-refractivity contribution in [3.63, 3.8) is 0 Å². The van der Waals surface area contributed by atoms with E-state index in [1.807, 2.05) is 19.1 Å². The van der Waals surface area contributed by atoms with Crippen LogP contribution in [0.25, 0.3) is 0 Å². The number of carbonyl (C=O) groups is 1. The Morgan fingerprint density at radius 1 is 1.24 bits per heavy atom. The van der Waals surface area contributed by atoms with Crippen molar-refractivity contribution in [2.45, 2.75) is 13.3 Å². The van der Waals surface area contributed by atoms with Crippen LogP contribution in [-0.2, 0) is 6.42 Å². The second kappa shape index (κ2) is 6.37. The summed E-state index contributed by atoms with van der Waals surface area (Å²) in [5.74, 6) is -0.562. The molecule has 108 valence electrons. The van der Waals surface area contributed by atoms with Crippen molar-refractivity contribution in [2.24, 2.45) is 0 Å². The average molecular weight is 305 g/mol. The van der Waals surface area contributed by atoms with Gasteiger partial charge in [-0.2, -0.15) is 0 Å². The average Bonchev–Trinajstić information content (AvgIpc) is 2.47. The van der Waals surface area contributed by atoms with Gasteiger partial charge in [0.2, 0.25) is 0 Å². The number of para-hydroxylation sites is 1. The smallest absolute Gasteiger partial charge is 0.300 e. The molecule has 0 fully saturated rings. The number of nitrogens with one attached hydrogen (secondary N) is 1. The maximum absolute atomic E-state index is 12.2. The predicted molar refractivity (Wildman–Crippen MR) is 81.9 cm³/mol. The lowest BCUT2D eigenvalue weighted by Gasteiger charge is -2.07. The Hall–Kier alpha value is -2.40. The van der Waals surface area contributed by atoms with Crippen LogP contribution in [0.5, 0.6) is 0 Å². The Morgan fingerprint density at radius 3 is 2.48 bits per heavy atom. The Balaban J connectivity index is 2.28. The number of rotatable bonds is 4. The number of nitro benzene ring substituents is 1. The Bertz CT molecular complexity index is 684. The zero-order valence-corrected chi connectivity index (χ0v) is 12.1. The number of hydrogen-bond acceptors (Lipinski definition) is 3. The molecule has 0 saturated carbocycles. The maximum Gasteiger partial charge on any atom is 0.300 e. The van der Waals surface area contributed by atoms with Crippen molar-refractivity contribution in [1.29, 1.82) is 0 Å². The van der Waals surface area contributed by atoms with Gasteiger partial charge in [-0.15, -0.1) is 0 Å². The molecular formula is C15H13ClN2O3. The van der Waals surface area contributed by atoms with E-state index in [9.17, 15) is 14.9 Å². The van der Waals surface area contributed by atoms with E-state index in [0.29, 0.717) is 5.69 Å². The second-order valence-electron chi connectivity index (χ2n) is 4.40. The number of nitro groups is 1. The van der Waals surface area contributed by atoms with Crippen LogP contribution < -0.4 is 5.32 Å². The molecule has 0 atom stereocenters. The highest BCUT2D eigenvalue weighted by molar-refractivity contribution is 6.33. The Labute approximate surface area is 126 Å². The highest BCUT2D eigenvalue weighted by Crippen LogP contribution is 2.28. The number of benzene rings is 2. The first-order valence-electron chi connectivity index (χ1n) is 6.36. The minimum atomic E-state index is -0.655. The normalized spacial score (nSPS) is 10.2. The maximum atomic E-state index is 12.2. The third kappa shape index (κ3) is 3.38. The highest BCUT2D eigenvalue weighted by Gasteiger charge is 2.23. The number of hydrogen-bond donors (Lipinski definition) is 1. The van der Waals surface area contributed by atoms with E-state index in [0.717, 1.165) is 12.0 Å². The standard InChI is InChI=1S/C15H13ClN2O3/c1-2-10-6-8-11(9-7-10)17-15(19)12-4-3-5-13(16)14(12)18(20)21/h3-9H,2H2,1H3,(H,17,19). The molecule has 0 aliphatic heterocycles. The van der Waals surface area contributed by atoms with Crippen LogP contribution in [0.15, 0.2) is 42.5 Å². The summed E-state index contributed by atoms with van der Waals surface area (Å²) in [5.41, 5.74) is 1.27. The van der Waals surface area contributed by atoms with Gasteiger partial charge in [-0.3, -0.25) is 14.9 Å². The number of halogens is 1. The van der Waals surface area contributed by atoms with E-state index < -0.39 is 10.8 Å². The first-order chi connectivity index (χ1) is 10.0. The largest absolute Gasteiger partial charge is 0.322 e. The third-order valence-corrected chi connectivity index (χ3v) is 3.34. The monoisotopic (exact) mass is 304 g/mol. The lowest BCUT2D eigenvalue weighted by molar-refractivity contribution is -0.385. The lowest BCUT2D eigenvalue weighted by Crippen LogP contribution is -2.14. The predicted octanol–water partition coefficient (Wildman–Crippen LogP) is 4.06. The molecular weight excluding hydrogens is 292 g/mol. The van der Waals surface area contributed by atoms with E-state index in [1.165, 1.54) is 18.2 Å². The zero-order chi connectivity index (χ0) is 15.4. The summed E-state index contributed by atoms with van der Waals surface area (Å²) in [5, 5.41) is 13.6. The molecule has 6 heteroatoms. The van der Waals surface area contributed by atoms with Crippen LogP contribution in [0.2, 0.25) is 5.02 Å². The van der Waals surface area contributed by atoms with Gasteiger partial charge in [0.15, 0.2) is 0 Å². The fourth-order valence-corrected chi connectivity index (χ4v) is 2.15. The minimum Gasteiger partial charge on any atom is -0.322 e. The molecule has 0 saturated heterocycles. The molecule has 0 heterocycles. The van der Waals surface area contributed by atoms with E-state index in [-0.39, 0.29) is 16.3 Å². The van der Waals surface area contributed by atoms with Crippen LogP contribution in [0.1, 0.15) is 22.8 Å². The third-order valence-electron chi connectivity index (χ3n) is 3.03. The van der Waals surface area contributed by atoms with Gasteiger partial charge in [0.1, 0.15) is 10.6 Å². The molecule has 2 aromatic carbocycles. The molecule has 0 unspecified atom stereocenters. The zero-order valence-electron chi connectivity index (χ0n) is 11.3. The second-order valence-corrected chi connectivity index (χ2v) is 4.80. The van der Waals surface area contributed by atoms with Crippen molar-refractivity contribution >= 4 is 28.9 Å². The Kier molecular flexibility index (Phi) is 4.55. The van der Waals surface area contributed by atoms with Crippen molar-refractivity contribution in [2.75, 3.05) is 5.32 Å². The molecule has 2 aromatic rings. The summed E-state index contributed by atoms with van der Waals surface area (Å²) in [6.45, 7) is 2.03. The van der Waals surface area contributed by atoms with Gasteiger partial charge in [0.25, 0.3) is 5.91 Å². The molecule has 1 N–H and O–H groups in total. The molecule has 5 nitrogen and oxygen atoms in total. The van der Waals surface area contributed by atoms with Gasteiger partial charge >= 0.3 is 5.69 Å². The summed E-state index contributed by atoms with van der Waals surface area (Å²) in [6.07, 6.45) is 0.897. The van der Waals surface area contributed by atoms with E-state index in [2.05, 4.69) is 5.32 Å². The minimum absolute atomic E-state index is 0.0611. The topological polar surface area (TPSA) is 72.2 Å². The van der Waals surface area contributed by atoms with Crippen LogP contribution in [-0.4, -0.2) is 10.8 Å². The molecule has 0 aromatic heterocycles. The van der Waals surface area contributed by atoms with Gasteiger partial charge in [-0.1, -0.05) is 36.7 Å². The molecule has 0 spiro atoms. The number of carbonyl (C=O) groups excluding carboxylic acids is 1. The van der Waals surface area contributed by atoms with Crippen LogP contribution >= 0.6 is 11.6 Å². The Morgan fingerprint density at radius 2 is 1.90 bits per heavy atom. The van der Waals surface area contributed by atoms with Gasteiger partial charge in [-0.05, 0) is 36.2 Å². The van der Waals surface area contributed by atoms with E-state index in [1.54, 1.807) is 12.1 Å². The highest BCUT2D eigenvalue weighted by atomic mass is 35.5. The van der Waals surface area contributed by atoms with Gasteiger partial charge < -0.3 is 5.32 Å². The van der Waals surface area contributed by atoms with Gasteiger partial charge in [0.05, 0.1) is 4.92 Å². The summed E-state index contributed by atoms with van der Waals surface area (Å²) >= 11 is 5.79. The van der Waals surface area contributed by atoms with Crippen molar-refractivity contribution in [3.8, 4) is 0 Å². The molecule has 2 rings (SSSR count). The number of aryl methyl sites for hydroxylation is 1. The van der Waals surface area contributed by atoms with E-state index in [4.69, 9.17) is 11.6 Å². The fourth-order valence-electron chi connectivity index (χ4n) is 1.91. The number of amides is 1. The van der Waals surface area contributed by atoms with Gasteiger partial charge in [0, 0.05) is 5.69 Å². The quantitative estimate of drug-likeness (QED) is 0.683. The summed E-state index contributed by atoms with van der Waals surface area (Å²) in [7, 11) is 0.